The Kier molecular flexibility index (Phi) is 5.11. The molecule has 1 N–H and O–H groups in total. The van der Waals surface area contributed by atoms with Crippen LogP contribution in [0.4, 0.5) is 0 Å². The maximum Gasteiger partial charge on any atom is 0.000496 e. The lowest BCUT2D eigenvalue weighted by atomic mass is 9.79. The molecule has 1 nitrogen and oxygen atoms in total. The zero-order chi connectivity index (χ0) is 20.3. The zero-order valence-corrected chi connectivity index (χ0v) is 17.4. The van der Waals surface area contributed by atoms with Gasteiger partial charge >= 0.3 is 0 Å². The summed E-state index contributed by atoms with van der Waals surface area (Å²) in [5.74, 6) is 0.637. The van der Waals surface area contributed by atoms with Crippen LogP contribution in [-0.2, 0) is 6.42 Å². The van der Waals surface area contributed by atoms with Crippen LogP contribution >= 0.6 is 0 Å². The molecule has 4 aromatic rings. The molecule has 0 amide bonds. The van der Waals surface area contributed by atoms with Gasteiger partial charge in [-0.15, -0.1) is 0 Å². The number of benzene rings is 3. The van der Waals surface area contributed by atoms with Gasteiger partial charge in [-0.1, -0.05) is 79.7 Å². The van der Waals surface area contributed by atoms with Crippen molar-refractivity contribution < 1.29 is 0 Å². The molecule has 1 atom stereocenters. The Balaban J connectivity index is 0.000000340. The van der Waals surface area contributed by atoms with Gasteiger partial charge in [0.2, 0.25) is 0 Å². The van der Waals surface area contributed by atoms with Crippen molar-refractivity contribution >= 4 is 11.6 Å². The first-order chi connectivity index (χ1) is 14.8. The smallest absolute Gasteiger partial charge is 0.000496 e. The third-order valence-corrected chi connectivity index (χ3v) is 6.39. The van der Waals surface area contributed by atoms with Crippen molar-refractivity contribution in [3.05, 3.63) is 118 Å². The quantitative estimate of drug-likeness (QED) is 0.423. The van der Waals surface area contributed by atoms with Crippen LogP contribution in [-0.4, -0.2) is 4.98 Å². The van der Waals surface area contributed by atoms with E-state index in [1.165, 1.54) is 56.7 Å². The molecule has 0 spiro atoms. The lowest BCUT2D eigenvalue weighted by Gasteiger charge is -2.25. The minimum atomic E-state index is 0.637. The molecule has 2 aliphatic rings. The van der Waals surface area contributed by atoms with Crippen LogP contribution in [0.5, 0.6) is 0 Å². The number of aromatic nitrogens is 1. The average molecular weight is 390 g/mol. The summed E-state index contributed by atoms with van der Waals surface area (Å²) in [5.41, 5.74) is 8.70. The first-order valence-electron chi connectivity index (χ1n) is 10.9. The van der Waals surface area contributed by atoms with E-state index in [0.717, 1.165) is 6.42 Å². The molecule has 0 bridgehead atoms. The van der Waals surface area contributed by atoms with Crippen LogP contribution in [0.25, 0.3) is 22.8 Å². The predicted octanol–water partition coefficient (Wildman–Crippen LogP) is 5.80. The summed E-state index contributed by atoms with van der Waals surface area (Å²) >= 11 is 0. The summed E-state index contributed by atoms with van der Waals surface area (Å²) < 4.78 is 0. The second-order valence-electron chi connectivity index (χ2n) is 8.23. The Bertz CT molecular complexity index is 1250. The van der Waals surface area contributed by atoms with E-state index in [-0.39, 0.29) is 0 Å². The fourth-order valence-electron chi connectivity index (χ4n) is 4.85. The number of nitrogens with one attached hydrogen (secondary N) is 1. The topological polar surface area (TPSA) is 15.8 Å². The van der Waals surface area contributed by atoms with E-state index in [4.69, 9.17) is 0 Å². The Labute approximate surface area is 178 Å². The van der Waals surface area contributed by atoms with Gasteiger partial charge < -0.3 is 4.98 Å². The third-order valence-electron chi connectivity index (χ3n) is 6.39. The lowest BCUT2D eigenvalue weighted by molar-refractivity contribution is 0.673. The van der Waals surface area contributed by atoms with Crippen LogP contribution in [0.1, 0.15) is 42.4 Å². The predicted molar refractivity (Wildman–Crippen MR) is 127 cm³/mol. The largest absolute Gasteiger partial charge is 0.368 e. The van der Waals surface area contributed by atoms with Crippen molar-refractivity contribution in [3.63, 3.8) is 0 Å². The van der Waals surface area contributed by atoms with E-state index in [1.807, 2.05) is 24.5 Å². The summed E-state index contributed by atoms with van der Waals surface area (Å²) in [6.07, 6.45) is 9.66. The molecule has 148 valence electrons. The second-order valence-corrected chi connectivity index (χ2v) is 8.23. The normalized spacial score (nSPS) is 16.3. The van der Waals surface area contributed by atoms with E-state index in [0.29, 0.717) is 5.92 Å². The maximum atomic E-state index is 2.86. The number of aromatic amines is 1. The van der Waals surface area contributed by atoms with Gasteiger partial charge in [0, 0.05) is 12.4 Å². The van der Waals surface area contributed by atoms with Crippen molar-refractivity contribution in [1.29, 1.82) is 0 Å². The first kappa shape index (κ1) is 18.7. The van der Waals surface area contributed by atoms with Gasteiger partial charge in [-0.25, -0.2) is 0 Å². The molecule has 0 fully saturated rings. The van der Waals surface area contributed by atoms with E-state index < -0.39 is 0 Å². The number of H-pyrrole nitrogens is 1. The molecule has 0 radical (unpaired) electrons. The average Bonchev–Trinajstić information content (AvgIpc) is 3.40. The molecule has 1 heterocycles. The van der Waals surface area contributed by atoms with Crippen molar-refractivity contribution in [2.45, 2.75) is 32.1 Å². The van der Waals surface area contributed by atoms with Crippen molar-refractivity contribution in [3.8, 4) is 11.1 Å². The summed E-state index contributed by atoms with van der Waals surface area (Å²) in [7, 11) is 0. The minimum absolute atomic E-state index is 0.637. The Morgan fingerprint density at radius 2 is 1.53 bits per heavy atom. The Morgan fingerprint density at radius 3 is 2.30 bits per heavy atom. The van der Waals surface area contributed by atoms with Crippen molar-refractivity contribution in [2.24, 2.45) is 0 Å². The van der Waals surface area contributed by atoms with Gasteiger partial charge in [-0.3, -0.25) is 0 Å². The number of hydrogen-bond acceptors (Lipinski definition) is 0. The van der Waals surface area contributed by atoms with E-state index in [2.05, 4.69) is 84.7 Å². The summed E-state index contributed by atoms with van der Waals surface area (Å²) in [4.78, 5) is 2.86. The minimum Gasteiger partial charge on any atom is -0.368 e. The number of fused-ring (bicyclic) bond motifs is 5. The molecule has 0 saturated carbocycles. The first-order valence-corrected chi connectivity index (χ1v) is 10.9. The van der Waals surface area contributed by atoms with Crippen LogP contribution < -0.4 is 10.4 Å². The third kappa shape index (κ3) is 3.41. The SMILES string of the molecule is CC1CCC(c2ccccc2)=c2c1ccc1c2=CCc2ccccc2-1.c1cc[nH]c1. The highest BCUT2D eigenvalue weighted by atomic mass is 14.6. The molecular formula is C29H27N. The van der Waals surface area contributed by atoms with Crippen LogP contribution in [0.3, 0.4) is 0 Å². The Morgan fingerprint density at radius 1 is 0.767 bits per heavy atom. The van der Waals surface area contributed by atoms with Gasteiger partial charge in [0.25, 0.3) is 0 Å². The Hall–Kier alpha value is -3.32. The van der Waals surface area contributed by atoms with Crippen molar-refractivity contribution in [2.75, 3.05) is 0 Å². The number of rotatable bonds is 1. The fourth-order valence-corrected chi connectivity index (χ4v) is 4.85. The molecule has 1 heteroatoms. The zero-order valence-electron chi connectivity index (χ0n) is 17.4. The van der Waals surface area contributed by atoms with Gasteiger partial charge in [0.1, 0.15) is 0 Å². The maximum absolute atomic E-state index is 2.86. The standard InChI is InChI=1S/C25H22.C4H5N/c1-17-11-13-22(18-7-3-2-4-8-18)25-20(17)15-16-23-21-10-6-5-9-19(21)12-14-24(23)25;1-2-4-5-3-1/h2-10,14-17H,11-13H2,1H3;1-5H. The summed E-state index contributed by atoms with van der Waals surface area (Å²) in [5, 5.41) is 2.97. The van der Waals surface area contributed by atoms with Crippen LogP contribution in [0.15, 0.2) is 91.3 Å². The molecule has 0 saturated heterocycles. The molecule has 3 aromatic carbocycles. The number of hydrogen-bond donors (Lipinski definition) is 1. The molecule has 30 heavy (non-hydrogen) atoms. The van der Waals surface area contributed by atoms with Gasteiger partial charge in [-0.05, 0) is 81.1 Å². The fraction of sp³-hybridized carbons (Fsp3) is 0.172. The highest BCUT2D eigenvalue weighted by molar-refractivity contribution is 5.77. The van der Waals surface area contributed by atoms with Gasteiger partial charge in [0.15, 0.2) is 0 Å². The molecule has 2 aliphatic carbocycles. The van der Waals surface area contributed by atoms with E-state index in [1.54, 1.807) is 0 Å². The molecule has 6 rings (SSSR count). The molecule has 0 aliphatic heterocycles. The van der Waals surface area contributed by atoms with E-state index >= 15 is 0 Å². The molecule has 1 aromatic heterocycles. The van der Waals surface area contributed by atoms with Gasteiger partial charge in [0.05, 0.1) is 0 Å². The molecule has 1 unspecified atom stereocenters. The molecular weight excluding hydrogens is 362 g/mol. The lowest BCUT2D eigenvalue weighted by Crippen LogP contribution is -2.37. The summed E-state index contributed by atoms with van der Waals surface area (Å²) in [6, 6.07) is 28.5. The summed E-state index contributed by atoms with van der Waals surface area (Å²) in [6.45, 7) is 2.38. The monoisotopic (exact) mass is 389 g/mol. The van der Waals surface area contributed by atoms with Crippen LogP contribution in [0.2, 0.25) is 0 Å². The van der Waals surface area contributed by atoms with Crippen molar-refractivity contribution in [1.82, 2.24) is 4.98 Å². The second kappa shape index (κ2) is 8.20. The van der Waals surface area contributed by atoms with E-state index in [9.17, 15) is 0 Å². The highest BCUT2D eigenvalue weighted by Crippen LogP contribution is 2.31. The van der Waals surface area contributed by atoms with Crippen LogP contribution in [0, 0.1) is 0 Å². The van der Waals surface area contributed by atoms with Gasteiger partial charge in [-0.2, -0.15) is 0 Å². The highest BCUT2D eigenvalue weighted by Gasteiger charge is 2.21.